The summed E-state index contributed by atoms with van der Waals surface area (Å²) in [7, 11) is 0. The number of nitrogens with zero attached hydrogens (tertiary/aromatic N) is 2. The zero-order valence-corrected chi connectivity index (χ0v) is 8.39. The standard InChI is InChI=1S/C12H12N2O/c15-12-10-5-1-2-6-11(10)13-8-9-4-3-7-14(9)12/h1-2,5-6,8,10H,3-4,7H2. The lowest BCUT2D eigenvalue weighted by atomic mass is 9.97. The molecule has 1 fully saturated rings. The summed E-state index contributed by atoms with van der Waals surface area (Å²) in [6.07, 6.45) is 11.6. The second-order valence-electron chi connectivity index (χ2n) is 3.99. The second kappa shape index (κ2) is 3.19. The van der Waals surface area contributed by atoms with E-state index in [-0.39, 0.29) is 11.8 Å². The van der Waals surface area contributed by atoms with Crippen LogP contribution in [0.5, 0.6) is 0 Å². The highest BCUT2D eigenvalue weighted by Gasteiger charge is 2.32. The number of allylic oxidation sites excluding steroid dienone is 4. The molecule has 0 aromatic carbocycles. The van der Waals surface area contributed by atoms with Crippen molar-refractivity contribution in [2.45, 2.75) is 12.8 Å². The molecule has 0 spiro atoms. The summed E-state index contributed by atoms with van der Waals surface area (Å²) in [4.78, 5) is 18.5. The maximum absolute atomic E-state index is 12.2. The predicted octanol–water partition coefficient (Wildman–Crippen LogP) is 1.65. The Hall–Kier alpha value is -1.64. The van der Waals surface area contributed by atoms with Crippen LogP contribution in [-0.2, 0) is 4.79 Å². The van der Waals surface area contributed by atoms with E-state index in [2.05, 4.69) is 4.99 Å². The van der Waals surface area contributed by atoms with Crippen LogP contribution in [0.4, 0.5) is 0 Å². The average Bonchev–Trinajstić information content (AvgIpc) is 2.69. The van der Waals surface area contributed by atoms with Crippen LogP contribution in [0.2, 0.25) is 0 Å². The molecule has 1 unspecified atom stereocenters. The molecule has 76 valence electrons. The number of carbonyl (C=O) groups is 1. The van der Waals surface area contributed by atoms with E-state index < -0.39 is 0 Å². The quantitative estimate of drug-likeness (QED) is 0.585. The summed E-state index contributed by atoms with van der Waals surface area (Å²) < 4.78 is 0. The molecule has 3 nitrogen and oxygen atoms in total. The van der Waals surface area contributed by atoms with Gasteiger partial charge in [0.2, 0.25) is 5.91 Å². The molecule has 2 heterocycles. The van der Waals surface area contributed by atoms with Crippen molar-refractivity contribution in [3.8, 4) is 0 Å². The second-order valence-corrected chi connectivity index (χ2v) is 3.99. The first-order chi connectivity index (χ1) is 7.36. The molecule has 0 saturated carbocycles. The summed E-state index contributed by atoms with van der Waals surface area (Å²) in [6, 6.07) is 0. The molecule has 2 aliphatic heterocycles. The van der Waals surface area contributed by atoms with Crippen molar-refractivity contribution in [3.63, 3.8) is 0 Å². The first kappa shape index (κ1) is 8.65. The van der Waals surface area contributed by atoms with Crippen molar-refractivity contribution in [1.29, 1.82) is 0 Å². The van der Waals surface area contributed by atoms with Crippen molar-refractivity contribution >= 4 is 11.6 Å². The molecule has 0 aromatic heterocycles. The van der Waals surface area contributed by atoms with Gasteiger partial charge in [0.15, 0.2) is 0 Å². The Labute approximate surface area is 88.5 Å². The summed E-state index contributed by atoms with van der Waals surface area (Å²) in [5.74, 6) is 0.0115. The SMILES string of the molecule is O=C1C2C=CC=CC2=NC=C2CCCN12. The smallest absolute Gasteiger partial charge is 0.239 e. The van der Waals surface area contributed by atoms with Gasteiger partial charge in [-0.3, -0.25) is 9.79 Å². The fourth-order valence-corrected chi connectivity index (χ4v) is 2.26. The van der Waals surface area contributed by atoms with Crippen LogP contribution < -0.4 is 0 Å². The van der Waals surface area contributed by atoms with Crippen molar-refractivity contribution in [1.82, 2.24) is 4.90 Å². The van der Waals surface area contributed by atoms with Gasteiger partial charge in [0.1, 0.15) is 0 Å². The fourth-order valence-electron chi connectivity index (χ4n) is 2.26. The Kier molecular flexibility index (Phi) is 1.84. The fraction of sp³-hybridized carbons (Fsp3) is 0.333. The minimum absolute atomic E-state index is 0.165. The minimum Gasteiger partial charge on any atom is -0.314 e. The van der Waals surface area contributed by atoms with Crippen molar-refractivity contribution in [2.75, 3.05) is 6.54 Å². The average molecular weight is 200 g/mol. The molecule has 3 aliphatic rings. The maximum atomic E-state index is 12.2. The molecule has 1 saturated heterocycles. The first-order valence-corrected chi connectivity index (χ1v) is 5.29. The molecule has 1 atom stereocenters. The lowest BCUT2D eigenvalue weighted by Crippen LogP contribution is -2.34. The van der Waals surface area contributed by atoms with Gasteiger partial charge in [-0.05, 0) is 18.9 Å². The Morgan fingerprint density at radius 3 is 3.27 bits per heavy atom. The number of hydrogen-bond acceptors (Lipinski definition) is 2. The maximum Gasteiger partial charge on any atom is 0.239 e. The van der Waals surface area contributed by atoms with Gasteiger partial charge in [-0.1, -0.05) is 18.2 Å². The number of fused-ring (bicyclic) bond motifs is 2. The Morgan fingerprint density at radius 2 is 2.33 bits per heavy atom. The molecule has 0 N–H and O–H groups in total. The Morgan fingerprint density at radius 1 is 1.40 bits per heavy atom. The monoisotopic (exact) mass is 200 g/mol. The molecular formula is C12H12N2O. The van der Waals surface area contributed by atoms with Crippen LogP contribution in [0.25, 0.3) is 0 Å². The van der Waals surface area contributed by atoms with Gasteiger partial charge in [-0.25, -0.2) is 0 Å². The molecule has 0 bridgehead atoms. The number of hydrogen-bond donors (Lipinski definition) is 0. The zero-order valence-electron chi connectivity index (χ0n) is 8.39. The van der Waals surface area contributed by atoms with Crippen molar-refractivity contribution < 1.29 is 4.79 Å². The van der Waals surface area contributed by atoms with E-state index in [1.807, 2.05) is 35.4 Å². The summed E-state index contributed by atoms with van der Waals surface area (Å²) in [5.41, 5.74) is 1.94. The highest BCUT2D eigenvalue weighted by atomic mass is 16.2. The molecule has 1 amide bonds. The van der Waals surface area contributed by atoms with E-state index in [1.165, 1.54) is 0 Å². The molecule has 0 aromatic rings. The van der Waals surface area contributed by atoms with Gasteiger partial charge in [0, 0.05) is 18.4 Å². The molecule has 15 heavy (non-hydrogen) atoms. The van der Waals surface area contributed by atoms with E-state index in [0.29, 0.717) is 0 Å². The highest BCUT2D eigenvalue weighted by Crippen LogP contribution is 2.27. The third-order valence-corrected chi connectivity index (χ3v) is 3.06. The van der Waals surface area contributed by atoms with Crippen LogP contribution >= 0.6 is 0 Å². The highest BCUT2D eigenvalue weighted by molar-refractivity contribution is 6.13. The molecule has 3 heteroatoms. The van der Waals surface area contributed by atoms with E-state index in [0.717, 1.165) is 30.8 Å². The largest absolute Gasteiger partial charge is 0.314 e. The van der Waals surface area contributed by atoms with Crippen molar-refractivity contribution in [2.24, 2.45) is 10.9 Å². The molecule has 0 radical (unpaired) electrons. The Balaban J connectivity index is 2.05. The first-order valence-electron chi connectivity index (χ1n) is 5.29. The van der Waals surface area contributed by atoms with Gasteiger partial charge in [0.05, 0.1) is 11.6 Å². The molecule has 3 rings (SSSR count). The number of carbonyl (C=O) groups excluding carboxylic acids is 1. The van der Waals surface area contributed by atoms with Crippen LogP contribution in [-0.4, -0.2) is 23.1 Å². The predicted molar refractivity (Wildman–Crippen MR) is 58.2 cm³/mol. The third kappa shape index (κ3) is 1.27. The van der Waals surface area contributed by atoms with E-state index in [4.69, 9.17) is 0 Å². The lowest BCUT2D eigenvalue weighted by molar-refractivity contribution is -0.129. The Bertz CT molecular complexity index is 429. The summed E-state index contributed by atoms with van der Waals surface area (Å²) in [6.45, 7) is 0.849. The van der Waals surface area contributed by atoms with Crippen LogP contribution in [0, 0.1) is 5.92 Å². The van der Waals surface area contributed by atoms with Gasteiger partial charge >= 0.3 is 0 Å². The zero-order chi connectivity index (χ0) is 10.3. The number of amides is 1. The minimum atomic E-state index is -0.165. The van der Waals surface area contributed by atoms with Crippen molar-refractivity contribution in [3.05, 3.63) is 36.2 Å². The van der Waals surface area contributed by atoms with Gasteiger partial charge in [-0.2, -0.15) is 0 Å². The molecule has 1 aliphatic carbocycles. The lowest BCUT2D eigenvalue weighted by Gasteiger charge is -2.20. The van der Waals surface area contributed by atoms with Crippen LogP contribution in [0.1, 0.15) is 12.8 Å². The van der Waals surface area contributed by atoms with Gasteiger partial charge in [0.25, 0.3) is 0 Å². The molecular weight excluding hydrogens is 188 g/mol. The van der Waals surface area contributed by atoms with Gasteiger partial charge < -0.3 is 4.90 Å². The van der Waals surface area contributed by atoms with E-state index in [9.17, 15) is 4.79 Å². The number of aliphatic imine (C=N–C) groups is 1. The van der Waals surface area contributed by atoms with E-state index >= 15 is 0 Å². The third-order valence-electron chi connectivity index (χ3n) is 3.06. The van der Waals surface area contributed by atoms with Gasteiger partial charge in [-0.15, -0.1) is 0 Å². The van der Waals surface area contributed by atoms with Crippen LogP contribution in [0.3, 0.4) is 0 Å². The summed E-state index contributed by atoms with van der Waals surface area (Å²) in [5, 5.41) is 0. The topological polar surface area (TPSA) is 32.7 Å². The number of rotatable bonds is 0. The van der Waals surface area contributed by atoms with E-state index in [1.54, 1.807) is 0 Å². The normalized spacial score (nSPS) is 28.1. The van der Waals surface area contributed by atoms with Crippen LogP contribution in [0.15, 0.2) is 41.2 Å². The summed E-state index contributed by atoms with van der Waals surface area (Å²) >= 11 is 0.